The first kappa shape index (κ1) is 16.1. The Balaban J connectivity index is 2.11. The second kappa shape index (κ2) is 6.81. The van der Waals surface area contributed by atoms with E-state index in [9.17, 15) is 8.78 Å². The molecule has 118 valence electrons. The molecule has 0 radical (unpaired) electrons. The third-order valence-corrected chi connectivity index (χ3v) is 5.40. The van der Waals surface area contributed by atoms with Gasteiger partial charge in [0.05, 0.1) is 15.4 Å². The van der Waals surface area contributed by atoms with E-state index >= 15 is 0 Å². The predicted molar refractivity (Wildman–Crippen MR) is 87.0 cm³/mol. The van der Waals surface area contributed by atoms with Gasteiger partial charge in [0.2, 0.25) is 0 Å². The van der Waals surface area contributed by atoms with Crippen LogP contribution in [0.25, 0.3) is 0 Å². The third-order valence-electron chi connectivity index (χ3n) is 3.73. The van der Waals surface area contributed by atoms with Crippen molar-refractivity contribution < 1.29 is 8.78 Å². The number of nitrogens with one attached hydrogen (secondary N) is 1. The van der Waals surface area contributed by atoms with Crippen LogP contribution in [-0.4, -0.2) is 31.1 Å². The standard InChI is InChI=1S/C15H14Cl2F2N2S/c16-12-4-3-11(22-12)15(21-7-5-20-6-8-21)13-9(18)1-2-10(19)14(13)17/h1-4,15,20H,5-8H2/t15-/m1/s1. The molecular weight excluding hydrogens is 349 g/mol. The molecular formula is C15H14Cl2F2N2S. The maximum absolute atomic E-state index is 14.4. The van der Waals surface area contributed by atoms with Gasteiger partial charge in [0.25, 0.3) is 0 Å². The van der Waals surface area contributed by atoms with Crippen molar-refractivity contribution in [2.45, 2.75) is 6.04 Å². The molecule has 1 atom stereocenters. The summed E-state index contributed by atoms with van der Waals surface area (Å²) in [6.45, 7) is 3.05. The summed E-state index contributed by atoms with van der Waals surface area (Å²) in [5.74, 6) is -1.11. The average molecular weight is 363 g/mol. The van der Waals surface area contributed by atoms with E-state index in [-0.39, 0.29) is 10.6 Å². The molecule has 1 N–H and O–H groups in total. The lowest BCUT2D eigenvalue weighted by atomic mass is 10.0. The second-order valence-electron chi connectivity index (χ2n) is 5.09. The molecule has 0 spiro atoms. The Kier molecular flexibility index (Phi) is 5.00. The Morgan fingerprint density at radius 1 is 1.05 bits per heavy atom. The van der Waals surface area contributed by atoms with Crippen molar-refractivity contribution in [1.82, 2.24) is 10.2 Å². The van der Waals surface area contributed by atoms with E-state index in [1.807, 2.05) is 6.07 Å². The van der Waals surface area contributed by atoms with Crippen LogP contribution in [0.15, 0.2) is 24.3 Å². The van der Waals surface area contributed by atoms with Gasteiger partial charge < -0.3 is 5.32 Å². The van der Waals surface area contributed by atoms with Crippen molar-refractivity contribution in [3.8, 4) is 0 Å². The lowest BCUT2D eigenvalue weighted by Gasteiger charge is -2.35. The van der Waals surface area contributed by atoms with E-state index in [2.05, 4.69) is 10.2 Å². The van der Waals surface area contributed by atoms with Gasteiger partial charge in [0.15, 0.2) is 0 Å². The zero-order valence-corrected chi connectivity index (χ0v) is 13.9. The van der Waals surface area contributed by atoms with E-state index in [1.165, 1.54) is 11.3 Å². The summed E-state index contributed by atoms with van der Waals surface area (Å²) in [4.78, 5) is 2.96. The highest BCUT2D eigenvalue weighted by molar-refractivity contribution is 7.16. The molecule has 0 unspecified atom stereocenters. The first-order valence-corrected chi connectivity index (χ1v) is 8.48. The fourth-order valence-corrected chi connectivity index (χ4v) is 4.18. The molecule has 22 heavy (non-hydrogen) atoms. The molecule has 2 nitrogen and oxygen atoms in total. The molecule has 0 amide bonds. The van der Waals surface area contributed by atoms with Crippen LogP contribution in [0.4, 0.5) is 8.78 Å². The first-order valence-electron chi connectivity index (χ1n) is 6.91. The van der Waals surface area contributed by atoms with Gasteiger partial charge in [-0.1, -0.05) is 23.2 Å². The molecule has 0 bridgehead atoms. The van der Waals surface area contributed by atoms with Crippen molar-refractivity contribution in [3.05, 3.63) is 55.7 Å². The minimum Gasteiger partial charge on any atom is -0.314 e. The molecule has 1 aromatic heterocycles. The zero-order valence-electron chi connectivity index (χ0n) is 11.6. The summed E-state index contributed by atoms with van der Waals surface area (Å²) in [5, 5.41) is 3.09. The van der Waals surface area contributed by atoms with Gasteiger partial charge in [-0.25, -0.2) is 8.78 Å². The molecule has 1 aromatic carbocycles. The fraction of sp³-hybridized carbons (Fsp3) is 0.333. The van der Waals surface area contributed by atoms with E-state index in [1.54, 1.807) is 6.07 Å². The number of hydrogen-bond donors (Lipinski definition) is 1. The van der Waals surface area contributed by atoms with Crippen LogP contribution in [0, 0.1) is 11.6 Å². The zero-order chi connectivity index (χ0) is 15.7. The van der Waals surface area contributed by atoms with Crippen LogP contribution in [0.1, 0.15) is 16.5 Å². The highest BCUT2D eigenvalue weighted by Crippen LogP contribution is 2.40. The van der Waals surface area contributed by atoms with E-state index in [0.717, 1.165) is 43.2 Å². The van der Waals surface area contributed by atoms with Crippen LogP contribution in [0.3, 0.4) is 0 Å². The minimum absolute atomic E-state index is 0.159. The molecule has 1 aliphatic rings. The average Bonchev–Trinajstić information content (AvgIpc) is 2.94. The highest BCUT2D eigenvalue weighted by Gasteiger charge is 2.30. The summed E-state index contributed by atoms with van der Waals surface area (Å²) in [5.41, 5.74) is 0.182. The summed E-state index contributed by atoms with van der Waals surface area (Å²) in [6, 6.07) is 5.36. The number of thiophene rings is 1. The topological polar surface area (TPSA) is 15.3 Å². The van der Waals surface area contributed by atoms with E-state index in [4.69, 9.17) is 23.2 Å². The van der Waals surface area contributed by atoms with Crippen LogP contribution < -0.4 is 5.32 Å². The van der Waals surface area contributed by atoms with Crippen molar-refractivity contribution >= 4 is 34.5 Å². The second-order valence-corrected chi connectivity index (χ2v) is 7.21. The minimum atomic E-state index is -0.610. The van der Waals surface area contributed by atoms with Gasteiger partial charge in [0.1, 0.15) is 11.6 Å². The molecule has 2 heterocycles. The molecule has 1 saturated heterocycles. The highest BCUT2D eigenvalue weighted by atomic mass is 35.5. The number of nitrogens with zero attached hydrogens (tertiary/aromatic N) is 1. The lowest BCUT2D eigenvalue weighted by Crippen LogP contribution is -2.45. The van der Waals surface area contributed by atoms with Crippen LogP contribution in [-0.2, 0) is 0 Å². The van der Waals surface area contributed by atoms with E-state index < -0.39 is 17.7 Å². The van der Waals surface area contributed by atoms with Gasteiger partial charge in [0, 0.05) is 36.6 Å². The number of halogens is 4. The van der Waals surface area contributed by atoms with Gasteiger partial charge in [-0.2, -0.15) is 0 Å². The first-order chi connectivity index (χ1) is 10.6. The summed E-state index contributed by atoms with van der Waals surface area (Å²) < 4.78 is 28.9. The maximum atomic E-state index is 14.4. The Hall–Kier alpha value is -0.720. The van der Waals surface area contributed by atoms with E-state index in [0.29, 0.717) is 4.34 Å². The molecule has 0 saturated carbocycles. The normalized spacial score (nSPS) is 17.6. The smallest absolute Gasteiger partial charge is 0.142 e. The fourth-order valence-electron chi connectivity index (χ4n) is 2.71. The van der Waals surface area contributed by atoms with Crippen molar-refractivity contribution in [2.24, 2.45) is 0 Å². The summed E-state index contributed by atoms with van der Waals surface area (Å²) >= 11 is 13.5. The Morgan fingerprint density at radius 3 is 2.36 bits per heavy atom. The van der Waals surface area contributed by atoms with Crippen molar-refractivity contribution in [2.75, 3.05) is 26.2 Å². The summed E-state index contributed by atoms with van der Waals surface area (Å²) in [6.07, 6.45) is 0. The Bertz CT molecular complexity index is 672. The number of benzene rings is 1. The molecule has 7 heteroatoms. The van der Waals surface area contributed by atoms with Crippen LogP contribution >= 0.6 is 34.5 Å². The van der Waals surface area contributed by atoms with Crippen molar-refractivity contribution in [3.63, 3.8) is 0 Å². The molecule has 1 aliphatic heterocycles. The van der Waals surface area contributed by atoms with Crippen LogP contribution in [0.2, 0.25) is 9.36 Å². The van der Waals surface area contributed by atoms with Gasteiger partial charge in [-0.05, 0) is 24.3 Å². The van der Waals surface area contributed by atoms with Gasteiger partial charge in [-0.15, -0.1) is 11.3 Å². The summed E-state index contributed by atoms with van der Waals surface area (Å²) in [7, 11) is 0. The third kappa shape index (κ3) is 3.14. The lowest BCUT2D eigenvalue weighted by molar-refractivity contribution is 0.197. The van der Waals surface area contributed by atoms with Gasteiger partial charge >= 0.3 is 0 Å². The predicted octanol–water partition coefficient (Wildman–Crippen LogP) is 4.33. The number of piperazine rings is 1. The molecule has 1 fully saturated rings. The molecule has 3 rings (SSSR count). The molecule has 2 aromatic rings. The quantitative estimate of drug-likeness (QED) is 0.817. The maximum Gasteiger partial charge on any atom is 0.142 e. The SMILES string of the molecule is Fc1ccc(F)c([C@@H](c2ccc(Cl)s2)N2CCNCC2)c1Cl. The van der Waals surface area contributed by atoms with Gasteiger partial charge in [-0.3, -0.25) is 4.90 Å². The Labute approximate surface area is 141 Å². The Morgan fingerprint density at radius 2 is 1.73 bits per heavy atom. The van der Waals surface area contributed by atoms with Crippen LogP contribution in [0.5, 0.6) is 0 Å². The molecule has 0 aliphatic carbocycles. The number of rotatable bonds is 3. The largest absolute Gasteiger partial charge is 0.314 e. The monoisotopic (exact) mass is 362 g/mol. The van der Waals surface area contributed by atoms with Crippen molar-refractivity contribution in [1.29, 1.82) is 0 Å². The number of hydrogen-bond acceptors (Lipinski definition) is 3.